The maximum absolute atomic E-state index is 12.5. The van der Waals surface area contributed by atoms with Crippen LogP contribution < -0.4 is 5.32 Å². The molecule has 2 heterocycles. The molecule has 1 aliphatic rings. The topological polar surface area (TPSA) is 87.7 Å². The second kappa shape index (κ2) is 7.92. The van der Waals surface area contributed by atoms with Crippen LogP contribution in [0.2, 0.25) is 0 Å². The fraction of sp³-hybridized carbons (Fsp3) is 0.333. The number of anilines is 2. The molecule has 0 unspecified atom stereocenters. The van der Waals surface area contributed by atoms with E-state index in [4.69, 9.17) is 4.74 Å². The lowest BCUT2D eigenvalue weighted by molar-refractivity contribution is 0.0600. The van der Waals surface area contributed by atoms with Gasteiger partial charge in [-0.1, -0.05) is 6.07 Å². The number of carbonyl (C=O) groups excluding carboxylic acids is 2. The maximum atomic E-state index is 12.5. The van der Waals surface area contributed by atoms with E-state index in [1.165, 1.54) is 19.5 Å². The van der Waals surface area contributed by atoms with Gasteiger partial charge in [0.25, 0.3) is 5.91 Å². The molecule has 0 bridgehead atoms. The molecule has 0 spiro atoms. The van der Waals surface area contributed by atoms with Crippen molar-refractivity contribution in [2.75, 3.05) is 45.7 Å². The van der Waals surface area contributed by atoms with Gasteiger partial charge in [-0.05, 0) is 25.2 Å². The number of likely N-dealkylation sites (N-methyl/N-ethyl adjacent to an activating group) is 1. The fourth-order valence-electron chi connectivity index (χ4n) is 2.67. The van der Waals surface area contributed by atoms with Crippen LogP contribution in [0.5, 0.6) is 0 Å². The second-order valence-corrected chi connectivity index (χ2v) is 6.09. The van der Waals surface area contributed by atoms with Gasteiger partial charge in [0, 0.05) is 44.3 Å². The van der Waals surface area contributed by atoms with Gasteiger partial charge in [0.15, 0.2) is 0 Å². The highest BCUT2D eigenvalue weighted by atomic mass is 16.5. The minimum atomic E-state index is -0.414. The number of hydrogen-bond donors (Lipinski definition) is 1. The van der Waals surface area contributed by atoms with Crippen molar-refractivity contribution >= 4 is 23.5 Å². The summed E-state index contributed by atoms with van der Waals surface area (Å²) in [6.45, 7) is 3.14. The van der Waals surface area contributed by atoms with Crippen molar-refractivity contribution in [1.29, 1.82) is 0 Å². The molecule has 0 saturated carbocycles. The summed E-state index contributed by atoms with van der Waals surface area (Å²) in [5, 5.41) is 3.01. The number of ether oxygens (including phenoxy) is 1. The van der Waals surface area contributed by atoms with E-state index in [1.54, 1.807) is 24.3 Å². The molecule has 1 aromatic heterocycles. The quantitative estimate of drug-likeness (QED) is 0.829. The molecule has 0 atom stereocenters. The molecule has 1 fully saturated rings. The van der Waals surface area contributed by atoms with Crippen molar-refractivity contribution in [3.63, 3.8) is 0 Å². The summed E-state index contributed by atoms with van der Waals surface area (Å²) in [6.07, 6.45) is 3.03. The lowest BCUT2D eigenvalue weighted by Gasteiger charge is -2.32. The molecule has 136 valence electrons. The van der Waals surface area contributed by atoms with E-state index in [-0.39, 0.29) is 5.91 Å². The molecule has 1 N–H and O–H groups in total. The van der Waals surface area contributed by atoms with Crippen LogP contribution >= 0.6 is 0 Å². The third kappa shape index (κ3) is 4.15. The van der Waals surface area contributed by atoms with Crippen molar-refractivity contribution < 1.29 is 14.3 Å². The number of nitrogens with one attached hydrogen (secondary N) is 1. The van der Waals surface area contributed by atoms with E-state index in [1.807, 2.05) is 11.9 Å². The minimum absolute atomic E-state index is 0.0580. The van der Waals surface area contributed by atoms with Crippen LogP contribution in [0.25, 0.3) is 0 Å². The van der Waals surface area contributed by atoms with Crippen LogP contribution in [0, 0.1) is 0 Å². The van der Waals surface area contributed by atoms with Crippen molar-refractivity contribution in [2.24, 2.45) is 0 Å². The smallest absolute Gasteiger partial charge is 0.337 e. The molecule has 0 radical (unpaired) electrons. The van der Waals surface area contributed by atoms with Gasteiger partial charge in [-0.2, -0.15) is 0 Å². The van der Waals surface area contributed by atoms with Crippen LogP contribution in [0.4, 0.5) is 11.6 Å². The Balaban J connectivity index is 1.66. The first kappa shape index (κ1) is 17.8. The Bertz CT molecular complexity index is 786. The van der Waals surface area contributed by atoms with E-state index in [9.17, 15) is 9.59 Å². The van der Waals surface area contributed by atoms with E-state index in [2.05, 4.69) is 20.2 Å². The molecule has 26 heavy (non-hydrogen) atoms. The zero-order chi connectivity index (χ0) is 18.5. The van der Waals surface area contributed by atoms with Gasteiger partial charge in [-0.15, -0.1) is 0 Å². The van der Waals surface area contributed by atoms with E-state index >= 15 is 0 Å². The van der Waals surface area contributed by atoms with Gasteiger partial charge < -0.3 is 19.9 Å². The third-order valence-corrected chi connectivity index (χ3v) is 4.23. The van der Waals surface area contributed by atoms with E-state index in [0.717, 1.165) is 13.1 Å². The molecule has 8 heteroatoms. The average Bonchev–Trinajstić information content (AvgIpc) is 2.68. The van der Waals surface area contributed by atoms with Crippen LogP contribution in [-0.2, 0) is 4.74 Å². The molecule has 1 aliphatic heterocycles. The highest BCUT2D eigenvalue weighted by Gasteiger charge is 2.20. The highest BCUT2D eigenvalue weighted by Crippen LogP contribution is 2.16. The fourth-order valence-corrected chi connectivity index (χ4v) is 2.67. The molecular formula is C18H21N5O3. The van der Waals surface area contributed by atoms with Gasteiger partial charge in [0.2, 0.25) is 5.95 Å². The Morgan fingerprint density at radius 1 is 1.08 bits per heavy atom. The number of amides is 1. The number of rotatable bonds is 4. The predicted octanol–water partition coefficient (Wildman–Crippen LogP) is 1.39. The summed E-state index contributed by atoms with van der Waals surface area (Å²) in [5.41, 5.74) is 1.55. The van der Waals surface area contributed by atoms with Crippen LogP contribution in [0.15, 0.2) is 36.7 Å². The van der Waals surface area contributed by atoms with Crippen LogP contribution in [0.3, 0.4) is 0 Å². The van der Waals surface area contributed by atoms with Crippen LogP contribution in [0.1, 0.15) is 20.7 Å². The van der Waals surface area contributed by atoms with Gasteiger partial charge in [0.05, 0.1) is 18.2 Å². The average molecular weight is 355 g/mol. The molecule has 3 rings (SSSR count). The van der Waals surface area contributed by atoms with Crippen molar-refractivity contribution in [3.8, 4) is 0 Å². The van der Waals surface area contributed by atoms with Crippen LogP contribution in [-0.4, -0.2) is 72.0 Å². The summed E-state index contributed by atoms with van der Waals surface area (Å²) in [7, 11) is 3.38. The minimum Gasteiger partial charge on any atom is -0.465 e. The zero-order valence-electron chi connectivity index (χ0n) is 14.8. The monoisotopic (exact) mass is 355 g/mol. The number of methoxy groups -OCH3 is 1. The first-order valence-corrected chi connectivity index (χ1v) is 8.32. The number of esters is 1. The molecule has 8 nitrogen and oxygen atoms in total. The third-order valence-electron chi connectivity index (χ3n) is 4.23. The molecule has 1 saturated heterocycles. The molecule has 1 aromatic carbocycles. The number of nitrogens with zero attached hydrogens (tertiary/aromatic N) is 4. The first-order chi connectivity index (χ1) is 12.6. The lowest BCUT2D eigenvalue weighted by Crippen LogP contribution is -2.47. The normalized spacial score (nSPS) is 14.8. The Morgan fingerprint density at radius 3 is 2.42 bits per heavy atom. The molecule has 0 aliphatic carbocycles. The van der Waals surface area contributed by atoms with Gasteiger partial charge in [-0.3, -0.25) is 4.79 Å². The molecular weight excluding hydrogens is 334 g/mol. The zero-order valence-corrected chi connectivity index (χ0v) is 14.8. The van der Waals surface area contributed by atoms with Gasteiger partial charge >= 0.3 is 5.97 Å². The standard InChI is InChI=1S/C18H21N5O3/c1-22-6-8-23(9-7-22)16(24)14-11-19-18(20-12-14)21-15-5-3-4-13(10-15)17(25)26-2/h3-5,10-12H,6-9H2,1-2H3,(H,19,20,21). The number of hydrogen-bond acceptors (Lipinski definition) is 7. The van der Waals surface area contributed by atoms with E-state index < -0.39 is 5.97 Å². The summed E-state index contributed by atoms with van der Waals surface area (Å²) in [6, 6.07) is 6.84. The van der Waals surface area contributed by atoms with E-state index in [0.29, 0.717) is 35.9 Å². The first-order valence-electron chi connectivity index (χ1n) is 8.32. The second-order valence-electron chi connectivity index (χ2n) is 6.09. The molecule has 2 aromatic rings. The number of carbonyl (C=O) groups is 2. The van der Waals surface area contributed by atoms with Crippen molar-refractivity contribution in [1.82, 2.24) is 19.8 Å². The lowest BCUT2D eigenvalue weighted by atomic mass is 10.2. The largest absolute Gasteiger partial charge is 0.465 e. The predicted molar refractivity (Wildman–Crippen MR) is 96.5 cm³/mol. The Labute approximate surface area is 151 Å². The number of benzene rings is 1. The SMILES string of the molecule is COC(=O)c1cccc(Nc2ncc(C(=O)N3CCN(C)CC3)cn2)c1. The van der Waals surface area contributed by atoms with Gasteiger partial charge in [-0.25, -0.2) is 14.8 Å². The highest BCUT2D eigenvalue weighted by molar-refractivity contribution is 5.94. The number of aromatic nitrogens is 2. The van der Waals surface area contributed by atoms with Crippen molar-refractivity contribution in [2.45, 2.75) is 0 Å². The Kier molecular flexibility index (Phi) is 5.43. The Hall–Kier alpha value is -3.00. The summed E-state index contributed by atoms with van der Waals surface area (Å²) >= 11 is 0. The van der Waals surface area contributed by atoms with Crippen molar-refractivity contribution in [3.05, 3.63) is 47.8 Å². The summed E-state index contributed by atoms with van der Waals surface area (Å²) in [4.78, 5) is 36.5. The summed E-state index contributed by atoms with van der Waals surface area (Å²) < 4.78 is 4.70. The van der Waals surface area contributed by atoms with Gasteiger partial charge in [0.1, 0.15) is 0 Å². The molecule has 1 amide bonds. The summed E-state index contributed by atoms with van der Waals surface area (Å²) in [5.74, 6) is -0.123. The number of piperazine rings is 1. The Morgan fingerprint density at radius 2 is 1.77 bits per heavy atom. The maximum Gasteiger partial charge on any atom is 0.337 e.